The van der Waals surface area contributed by atoms with Crippen molar-refractivity contribution in [1.29, 1.82) is 0 Å². The smallest absolute Gasteiger partial charge is 0.320 e. The van der Waals surface area contributed by atoms with Crippen LogP contribution in [0.25, 0.3) is 0 Å². The van der Waals surface area contributed by atoms with Crippen molar-refractivity contribution < 1.29 is 14.4 Å². The van der Waals surface area contributed by atoms with Gasteiger partial charge in [0.15, 0.2) is 0 Å². The maximum absolute atomic E-state index is 13.3. The summed E-state index contributed by atoms with van der Waals surface area (Å²) in [7, 11) is 0. The van der Waals surface area contributed by atoms with Gasteiger partial charge in [-0.25, -0.2) is 4.79 Å². The summed E-state index contributed by atoms with van der Waals surface area (Å²) in [5.41, 5.74) is 1.99. The lowest BCUT2D eigenvalue weighted by Crippen LogP contribution is -2.62. The highest BCUT2D eigenvalue weighted by molar-refractivity contribution is 5.92. The number of amides is 4. The second-order valence-corrected chi connectivity index (χ2v) is 10.2. The topological polar surface area (TPSA) is 73.0 Å². The molecule has 4 aliphatic heterocycles. The summed E-state index contributed by atoms with van der Waals surface area (Å²) in [6.45, 7) is 5.61. The quantitative estimate of drug-likeness (QED) is 0.771. The normalized spacial score (nSPS) is 28.3. The lowest BCUT2D eigenvalue weighted by molar-refractivity contribution is -0.144. The number of nitrogens with zero attached hydrogens (tertiary/aromatic N) is 3. The molecule has 0 saturated carbocycles. The van der Waals surface area contributed by atoms with Crippen molar-refractivity contribution in [3.05, 3.63) is 29.8 Å². The highest BCUT2D eigenvalue weighted by Gasteiger charge is 2.45. The van der Waals surface area contributed by atoms with Gasteiger partial charge in [0.25, 0.3) is 0 Å². The first-order valence-electron chi connectivity index (χ1n) is 12.2. The molecule has 5 rings (SSSR count). The van der Waals surface area contributed by atoms with E-state index in [1.807, 2.05) is 41.0 Å². The summed E-state index contributed by atoms with van der Waals surface area (Å²) in [5, 5.41) is 3.02. The third-order valence-corrected chi connectivity index (χ3v) is 7.91. The molecule has 0 aliphatic carbocycles. The predicted octanol–water partition coefficient (Wildman–Crippen LogP) is 3.10. The number of anilines is 1. The van der Waals surface area contributed by atoms with Crippen LogP contribution in [0.1, 0.15) is 44.1 Å². The van der Waals surface area contributed by atoms with E-state index < -0.39 is 0 Å². The van der Waals surface area contributed by atoms with Gasteiger partial charge >= 0.3 is 6.03 Å². The zero-order valence-corrected chi connectivity index (χ0v) is 19.0. The van der Waals surface area contributed by atoms with Crippen molar-refractivity contribution in [2.24, 2.45) is 17.8 Å². The van der Waals surface area contributed by atoms with Crippen LogP contribution in [0, 0.1) is 24.7 Å². The number of piperidine rings is 4. The van der Waals surface area contributed by atoms with E-state index in [-0.39, 0.29) is 17.9 Å². The van der Waals surface area contributed by atoms with Gasteiger partial charge in [0.05, 0.1) is 0 Å². The summed E-state index contributed by atoms with van der Waals surface area (Å²) in [5.74, 6) is 1.11. The molecule has 2 bridgehead atoms. The summed E-state index contributed by atoms with van der Waals surface area (Å²) in [6.07, 6.45) is 5.29. The van der Waals surface area contributed by atoms with Gasteiger partial charge in [-0.05, 0) is 63.0 Å². The van der Waals surface area contributed by atoms with Crippen molar-refractivity contribution >= 4 is 23.5 Å². The Morgan fingerprint density at radius 3 is 2.47 bits per heavy atom. The molecular formula is C25H34N4O3. The van der Waals surface area contributed by atoms with Crippen molar-refractivity contribution in [2.75, 3.05) is 38.0 Å². The Morgan fingerprint density at radius 1 is 0.969 bits per heavy atom. The van der Waals surface area contributed by atoms with Crippen LogP contribution >= 0.6 is 0 Å². The van der Waals surface area contributed by atoms with E-state index in [4.69, 9.17) is 0 Å². The number of likely N-dealkylation sites (tertiary alicyclic amines) is 2. The lowest BCUT2D eigenvalue weighted by atomic mass is 9.76. The molecule has 7 nitrogen and oxygen atoms in total. The first-order chi connectivity index (χ1) is 15.5. The Labute approximate surface area is 190 Å². The van der Waals surface area contributed by atoms with Crippen LogP contribution in [0.15, 0.2) is 24.3 Å². The van der Waals surface area contributed by atoms with Gasteiger partial charge in [-0.1, -0.05) is 17.7 Å². The molecule has 4 saturated heterocycles. The minimum atomic E-state index is -0.0529. The third kappa shape index (κ3) is 4.21. The van der Waals surface area contributed by atoms with Gasteiger partial charge in [0.1, 0.15) is 0 Å². The summed E-state index contributed by atoms with van der Waals surface area (Å²) in [6, 6.07) is 8.29. The Bertz CT molecular complexity index is 878. The molecule has 32 heavy (non-hydrogen) atoms. The van der Waals surface area contributed by atoms with Crippen LogP contribution in [-0.4, -0.2) is 71.3 Å². The Morgan fingerprint density at radius 2 is 1.72 bits per heavy atom. The Balaban J connectivity index is 1.14. The third-order valence-electron chi connectivity index (χ3n) is 7.91. The van der Waals surface area contributed by atoms with Gasteiger partial charge in [-0.3, -0.25) is 9.59 Å². The number of rotatable bonds is 2. The van der Waals surface area contributed by atoms with E-state index >= 15 is 0 Å². The highest BCUT2D eigenvalue weighted by Crippen LogP contribution is 2.38. The van der Waals surface area contributed by atoms with Crippen LogP contribution < -0.4 is 5.32 Å². The zero-order valence-electron chi connectivity index (χ0n) is 19.0. The van der Waals surface area contributed by atoms with Gasteiger partial charge < -0.3 is 20.0 Å². The fraction of sp³-hybridized carbons (Fsp3) is 0.640. The fourth-order valence-corrected chi connectivity index (χ4v) is 6.18. The molecule has 1 N–H and O–H groups in total. The van der Waals surface area contributed by atoms with Crippen LogP contribution in [0.4, 0.5) is 10.5 Å². The standard InChI is InChI=1S/C25H34N4O3/c1-17-5-7-21(8-6-17)26-24(31)19-9-11-27(12-10-19)25(32)28-14-18-13-20(16-28)22-3-2-4-23(30)29(22)15-18/h5-8,18-20,22H,2-4,9-16H2,1H3,(H,26,31)/t18?,20?,22-/m1/s1. The average Bonchev–Trinajstić information content (AvgIpc) is 2.81. The molecule has 7 heteroatoms. The molecule has 1 aromatic carbocycles. The fourth-order valence-electron chi connectivity index (χ4n) is 6.18. The van der Waals surface area contributed by atoms with Gasteiger partial charge in [-0.15, -0.1) is 0 Å². The van der Waals surface area contributed by atoms with E-state index in [2.05, 4.69) is 10.2 Å². The van der Waals surface area contributed by atoms with E-state index in [1.54, 1.807) is 0 Å². The summed E-state index contributed by atoms with van der Waals surface area (Å²) >= 11 is 0. The molecule has 4 fully saturated rings. The number of aryl methyl sites for hydroxylation is 1. The van der Waals surface area contributed by atoms with Crippen LogP contribution in [0.5, 0.6) is 0 Å². The number of carbonyl (C=O) groups is 3. The van der Waals surface area contributed by atoms with Crippen molar-refractivity contribution in [3.8, 4) is 0 Å². The van der Waals surface area contributed by atoms with Crippen LogP contribution in [-0.2, 0) is 9.59 Å². The monoisotopic (exact) mass is 438 g/mol. The SMILES string of the molecule is Cc1ccc(NC(=O)C2CCN(C(=O)N3CC4CC(C3)[C@H]3CCCC(=O)N3C4)CC2)cc1. The predicted molar refractivity (Wildman–Crippen MR) is 122 cm³/mol. The molecule has 172 valence electrons. The van der Waals surface area contributed by atoms with E-state index in [0.29, 0.717) is 56.1 Å². The molecular weight excluding hydrogens is 404 g/mol. The number of benzene rings is 1. The van der Waals surface area contributed by atoms with Gasteiger partial charge in [0, 0.05) is 56.8 Å². The second-order valence-electron chi connectivity index (χ2n) is 10.2. The van der Waals surface area contributed by atoms with E-state index in [0.717, 1.165) is 44.6 Å². The Hall–Kier alpha value is -2.57. The zero-order chi connectivity index (χ0) is 22.2. The summed E-state index contributed by atoms with van der Waals surface area (Å²) in [4.78, 5) is 44.4. The number of hydrogen-bond acceptors (Lipinski definition) is 3. The average molecular weight is 439 g/mol. The van der Waals surface area contributed by atoms with Crippen molar-refractivity contribution in [3.63, 3.8) is 0 Å². The first-order valence-corrected chi connectivity index (χ1v) is 12.2. The minimum absolute atomic E-state index is 0.0514. The first kappa shape index (κ1) is 21.3. The van der Waals surface area contributed by atoms with Crippen molar-refractivity contribution in [1.82, 2.24) is 14.7 Å². The number of urea groups is 1. The second kappa shape index (κ2) is 8.75. The molecule has 0 aromatic heterocycles. The molecule has 4 aliphatic rings. The number of hydrogen-bond donors (Lipinski definition) is 1. The minimum Gasteiger partial charge on any atom is -0.339 e. The van der Waals surface area contributed by atoms with Crippen molar-refractivity contribution in [2.45, 2.75) is 51.5 Å². The van der Waals surface area contributed by atoms with Crippen LogP contribution in [0.2, 0.25) is 0 Å². The maximum Gasteiger partial charge on any atom is 0.320 e. The molecule has 4 heterocycles. The largest absolute Gasteiger partial charge is 0.339 e. The molecule has 2 unspecified atom stereocenters. The number of carbonyl (C=O) groups excluding carboxylic acids is 3. The highest BCUT2D eigenvalue weighted by atomic mass is 16.2. The molecule has 1 aromatic rings. The maximum atomic E-state index is 13.3. The molecule has 0 radical (unpaired) electrons. The number of nitrogens with one attached hydrogen (secondary N) is 1. The van der Waals surface area contributed by atoms with Crippen LogP contribution in [0.3, 0.4) is 0 Å². The Kier molecular flexibility index (Phi) is 5.82. The lowest BCUT2D eigenvalue weighted by Gasteiger charge is -2.53. The van der Waals surface area contributed by atoms with Gasteiger partial charge in [0.2, 0.25) is 11.8 Å². The van der Waals surface area contributed by atoms with Gasteiger partial charge in [-0.2, -0.15) is 0 Å². The molecule has 4 amide bonds. The summed E-state index contributed by atoms with van der Waals surface area (Å²) < 4.78 is 0. The van der Waals surface area contributed by atoms with E-state index in [1.165, 1.54) is 5.56 Å². The molecule has 3 atom stereocenters. The van der Waals surface area contributed by atoms with E-state index in [9.17, 15) is 14.4 Å². The molecule has 0 spiro atoms. The number of fused-ring (bicyclic) bond motifs is 4.